The number of hydrazine groups is 1. The molecule has 6 atom stereocenters. The van der Waals surface area contributed by atoms with Crippen LogP contribution in [0.5, 0.6) is 0 Å². The molecule has 2 saturated heterocycles. The fraction of sp³-hybridized carbons (Fsp3) is 0.720. The standard InChI is InChI=1S/C25H37N7O/c1-15-14-32-22(27-23(15)16-9-10-17(26)12-16)13-20(30-32)21-8-4-5-11-31(21)25(33)24-18-6-2-3-7-19(18)28-29-24/h13-14,16-19,21,24,28-29H,2-12,26H2,1H3/t16?,17-,18?,19?,21-,24?/m0/s1. The van der Waals surface area contributed by atoms with E-state index in [1.807, 2.05) is 4.52 Å². The Balaban J connectivity index is 1.27. The number of nitrogens with zero attached hydrogens (tertiary/aromatic N) is 4. The number of likely N-dealkylation sites (tertiary alicyclic amines) is 1. The Morgan fingerprint density at radius 3 is 2.79 bits per heavy atom. The van der Waals surface area contributed by atoms with Crippen molar-refractivity contribution in [2.75, 3.05) is 6.54 Å². The first-order valence-electron chi connectivity index (χ1n) is 13.0. The van der Waals surface area contributed by atoms with Crippen molar-refractivity contribution in [3.63, 3.8) is 0 Å². The highest BCUT2D eigenvalue weighted by molar-refractivity contribution is 5.83. The number of rotatable bonds is 3. The van der Waals surface area contributed by atoms with Gasteiger partial charge < -0.3 is 10.6 Å². The highest BCUT2D eigenvalue weighted by Gasteiger charge is 2.44. The maximum Gasteiger partial charge on any atom is 0.241 e. The minimum atomic E-state index is -0.119. The number of carbonyl (C=O) groups is 1. The molecule has 1 amide bonds. The van der Waals surface area contributed by atoms with E-state index in [1.54, 1.807) is 0 Å². The molecule has 4 N–H and O–H groups in total. The molecule has 8 heteroatoms. The number of hydrogen-bond donors (Lipinski definition) is 3. The van der Waals surface area contributed by atoms with Crippen molar-refractivity contribution in [3.8, 4) is 0 Å². The zero-order valence-electron chi connectivity index (χ0n) is 19.7. The first-order chi connectivity index (χ1) is 16.1. The summed E-state index contributed by atoms with van der Waals surface area (Å²) in [6.07, 6.45) is 13.2. The summed E-state index contributed by atoms with van der Waals surface area (Å²) in [6, 6.07) is 2.74. The number of carbonyl (C=O) groups excluding carboxylic acids is 1. The van der Waals surface area contributed by atoms with E-state index in [1.165, 1.54) is 24.1 Å². The molecule has 33 heavy (non-hydrogen) atoms. The van der Waals surface area contributed by atoms with Gasteiger partial charge >= 0.3 is 0 Å². The topological polar surface area (TPSA) is 101 Å². The van der Waals surface area contributed by atoms with Crippen molar-refractivity contribution < 1.29 is 4.79 Å². The number of nitrogens with two attached hydrogens (primary N) is 1. The molecule has 0 spiro atoms. The summed E-state index contributed by atoms with van der Waals surface area (Å²) in [4.78, 5) is 20.9. The minimum Gasteiger partial charge on any atom is -0.333 e. The lowest BCUT2D eigenvalue weighted by molar-refractivity contribution is -0.138. The molecule has 4 heterocycles. The number of nitrogens with one attached hydrogen (secondary N) is 2. The molecule has 2 aliphatic heterocycles. The van der Waals surface area contributed by atoms with E-state index in [2.05, 4.69) is 34.9 Å². The van der Waals surface area contributed by atoms with Crippen molar-refractivity contribution in [1.29, 1.82) is 0 Å². The molecule has 8 nitrogen and oxygen atoms in total. The fourth-order valence-corrected chi connectivity index (χ4v) is 6.85. The van der Waals surface area contributed by atoms with Crippen LogP contribution in [0.4, 0.5) is 0 Å². The van der Waals surface area contributed by atoms with Gasteiger partial charge in [0.05, 0.1) is 17.4 Å². The van der Waals surface area contributed by atoms with Crippen molar-refractivity contribution in [3.05, 3.63) is 29.2 Å². The first kappa shape index (κ1) is 21.5. The maximum absolute atomic E-state index is 13.7. The van der Waals surface area contributed by atoms with E-state index in [4.69, 9.17) is 15.8 Å². The summed E-state index contributed by atoms with van der Waals surface area (Å²) in [5, 5.41) is 4.92. The van der Waals surface area contributed by atoms with Crippen LogP contribution in [0.1, 0.15) is 93.1 Å². The van der Waals surface area contributed by atoms with Gasteiger partial charge in [0.25, 0.3) is 0 Å². The second-order valence-corrected chi connectivity index (χ2v) is 10.8. The fourth-order valence-electron chi connectivity index (χ4n) is 6.85. The highest BCUT2D eigenvalue weighted by Crippen LogP contribution is 2.37. The number of hydrogen-bond acceptors (Lipinski definition) is 6. The Labute approximate surface area is 195 Å². The first-order valence-corrected chi connectivity index (χ1v) is 13.0. The molecule has 0 bridgehead atoms. The molecule has 0 aromatic carbocycles. The van der Waals surface area contributed by atoms with Gasteiger partial charge in [-0.2, -0.15) is 5.10 Å². The van der Waals surface area contributed by atoms with Crippen molar-refractivity contribution >= 4 is 11.6 Å². The third-order valence-electron chi connectivity index (χ3n) is 8.61. The normalized spacial score (nSPS) is 34.7. The molecular formula is C25H37N7O. The summed E-state index contributed by atoms with van der Waals surface area (Å²) in [7, 11) is 0. The van der Waals surface area contributed by atoms with Crippen LogP contribution in [-0.2, 0) is 4.79 Å². The molecule has 4 unspecified atom stereocenters. The lowest BCUT2D eigenvalue weighted by Crippen LogP contribution is -2.50. The third kappa shape index (κ3) is 3.86. The zero-order valence-corrected chi connectivity index (χ0v) is 19.7. The van der Waals surface area contributed by atoms with Crippen LogP contribution in [-0.4, -0.2) is 50.1 Å². The molecule has 2 aliphatic carbocycles. The number of piperidine rings is 1. The van der Waals surface area contributed by atoms with Gasteiger partial charge in [0.15, 0.2) is 5.65 Å². The molecule has 2 aromatic heterocycles. The summed E-state index contributed by atoms with van der Waals surface area (Å²) in [5.74, 6) is 1.09. The van der Waals surface area contributed by atoms with Crippen molar-refractivity contribution in [2.45, 2.75) is 101 Å². The number of amides is 1. The monoisotopic (exact) mass is 451 g/mol. The van der Waals surface area contributed by atoms with Crippen LogP contribution < -0.4 is 16.6 Å². The van der Waals surface area contributed by atoms with Gasteiger partial charge in [-0.3, -0.25) is 10.2 Å². The Hall–Kier alpha value is -2.03. The van der Waals surface area contributed by atoms with E-state index in [0.29, 0.717) is 17.9 Å². The van der Waals surface area contributed by atoms with Gasteiger partial charge in [-0.15, -0.1) is 0 Å². The molecule has 178 valence electrons. The number of aryl methyl sites for hydroxylation is 1. The average molecular weight is 452 g/mol. The lowest BCUT2D eigenvalue weighted by atomic mass is 9.81. The van der Waals surface area contributed by atoms with Crippen LogP contribution in [0.15, 0.2) is 12.3 Å². The molecule has 4 fully saturated rings. The highest BCUT2D eigenvalue weighted by atomic mass is 16.2. The Morgan fingerprint density at radius 2 is 1.94 bits per heavy atom. The van der Waals surface area contributed by atoms with Gasteiger partial charge in [-0.05, 0) is 63.9 Å². The predicted molar refractivity (Wildman–Crippen MR) is 126 cm³/mol. The third-order valence-corrected chi connectivity index (χ3v) is 8.61. The Kier molecular flexibility index (Phi) is 5.63. The van der Waals surface area contributed by atoms with Gasteiger partial charge in [-0.25, -0.2) is 14.9 Å². The quantitative estimate of drug-likeness (QED) is 0.663. The lowest BCUT2D eigenvalue weighted by Gasteiger charge is -2.37. The zero-order chi connectivity index (χ0) is 22.5. The van der Waals surface area contributed by atoms with Gasteiger partial charge in [0, 0.05) is 42.7 Å². The largest absolute Gasteiger partial charge is 0.333 e. The SMILES string of the molecule is Cc1cn2nc([C@@H]3CCCCN3C(=O)C3NNC4CCCCC43)cc2nc1C1CC[C@H](N)C1. The Morgan fingerprint density at radius 1 is 1.09 bits per heavy atom. The average Bonchev–Trinajstić information content (AvgIpc) is 3.55. The summed E-state index contributed by atoms with van der Waals surface area (Å²) in [6.45, 7) is 2.94. The molecule has 0 radical (unpaired) electrons. The molecule has 6 rings (SSSR count). The Bertz CT molecular complexity index is 1040. The van der Waals surface area contributed by atoms with E-state index >= 15 is 0 Å². The van der Waals surface area contributed by atoms with Crippen LogP contribution >= 0.6 is 0 Å². The van der Waals surface area contributed by atoms with Gasteiger partial charge in [0.1, 0.15) is 6.04 Å². The van der Waals surface area contributed by atoms with E-state index in [9.17, 15) is 4.79 Å². The number of aromatic nitrogens is 3. The predicted octanol–water partition coefficient (Wildman–Crippen LogP) is 2.72. The molecular weight excluding hydrogens is 414 g/mol. The maximum atomic E-state index is 13.7. The minimum absolute atomic E-state index is 0.0287. The number of fused-ring (bicyclic) bond motifs is 2. The van der Waals surface area contributed by atoms with Gasteiger partial charge in [0.2, 0.25) is 5.91 Å². The van der Waals surface area contributed by atoms with Crippen LogP contribution in [0.25, 0.3) is 5.65 Å². The second-order valence-electron chi connectivity index (χ2n) is 10.8. The summed E-state index contributed by atoms with van der Waals surface area (Å²) < 4.78 is 1.91. The van der Waals surface area contributed by atoms with E-state index in [0.717, 1.165) is 69.3 Å². The molecule has 2 saturated carbocycles. The second kappa shape index (κ2) is 8.64. The molecule has 2 aromatic rings. The van der Waals surface area contributed by atoms with Crippen LogP contribution in [0, 0.1) is 12.8 Å². The van der Waals surface area contributed by atoms with Crippen LogP contribution in [0.3, 0.4) is 0 Å². The summed E-state index contributed by atoms with van der Waals surface area (Å²) >= 11 is 0. The van der Waals surface area contributed by atoms with E-state index < -0.39 is 0 Å². The van der Waals surface area contributed by atoms with Crippen molar-refractivity contribution in [2.24, 2.45) is 11.7 Å². The smallest absolute Gasteiger partial charge is 0.241 e. The van der Waals surface area contributed by atoms with Gasteiger partial charge in [-0.1, -0.05) is 12.8 Å². The molecule has 4 aliphatic rings. The summed E-state index contributed by atoms with van der Waals surface area (Å²) in [5.41, 5.74) is 17.1. The van der Waals surface area contributed by atoms with Crippen LogP contribution in [0.2, 0.25) is 0 Å². The van der Waals surface area contributed by atoms with Crippen molar-refractivity contribution in [1.82, 2.24) is 30.3 Å². The van der Waals surface area contributed by atoms with E-state index in [-0.39, 0.29) is 24.0 Å².